The number of nitrogens with one attached hydrogen (secondary N) is 1. The van der Waals surface area contributed by atoms with E-state index in [1.807, 2.05) is 7.05 Å². The van der Waals surface area contributed by atoms with E-state index in [2.05, 4.69) is 26.3 Å². The summed E-state index contributed by atoms with van der Waals surface area (Å²) in [6.07, 6.45) is 1.69. The molecule has 21 heavy (non-hydrogen) atoms. The standard InChI is InChI=1S/C14H16BrFN4O/c1-17-7-8-19(2)14(21)13-12(15)9-20(18-13)11-5-3-10(16)4-6-11/h3-6,9,17H,7-8H2,1-2H3. The number of halogens is 2. The molecule has 0 spiro atoms. The van der Waals surface area contributed by atoms with Crippen molar-refractivity contribution in [1.29, 1.82) is 0 Å². The van der Waals surface area contributed by atoms with E-state index in [0.29, 0.717) is 28.9 Å². The first-order valence-electron chi connectivity index (χ1n) is 6.44. The number of carbonyl (C=O) groups excluding carboxylic acids is 1. The van der Waals surface area contributed by atoms with Crippen LogP contribution in [0.4, 0.5) is 4.39 Å². The Morgan fingerprint density at radius 3 is 2.71 bits per heavy atom. The predicted octanol–water partition coefficient (Wildman–Crippen LogP) is 2.07. The zero-order valence-corrected chi connectivity index (χ0v) is 13.4. The number of rotatable bonds is 5. The van der Waals surface area contributed by atoms with Crippen molar-refractivity contribution in [2.45, 2.75) is 0 Å². The van der Waals surface area contributed by atoms with E-state index in [9.17, 15) is 9.18 Å². The van der Waals surface area contributed by atoms with Gasteiger partial charge in [0.15, 0.2) is 5.69 Å². The van der Waals surface area contributed by atoms with Gasteiger partial charge in [0.1, 0.15) is 5.82 Å². The molecule has 1 aromatic heterocycles. The minimum absolute atomic E-state index is 0.169. The van der Waals surface area contributed by atoms with Crippen LogP contribution >= 0.6 is 15.9 Å². The molecule has 0 aliphatic rings. The molecule has 0 atom stereocenters. The Bertz CT molecular complexity index is 626. The molecule has 1 amide bonds. The van der Waals surface area contributed by atoms with Gasteiger partial charge in [-0.15, -0.1) is 0 Å². The summed E-state index contributed by atoms with van der Waals surface area (Å²) < 4.78 is 15.1. The lowest BCUT2D eigenvalue weighted by atomic mass is 10.3. The molecule has 0 unspecified atom stereocenters. The van der Waals surface area contributed by atoms with Crippen LogP contribution in [0.2, 0.25) is 0 Å². The SMILES string of the molecule is CNCCN(C)C(=O)c1nn(-c2ccc(F)cc2)cc1Br. The second-order valence-electron chi connectivity index (χ2n) is 4.58. The summed E-state index contributed by atoms with van der Waals surface area (Å²) in [6, 6.07) is 5.92. The summed E-state index contributed by atoms with van der Waals surface area (Å²) >= 11 is 3.35. The summed E-state index contributed by atoms with van der Waals surface area (Å²) in [6.45, 7) is 1.30. The van der Waals surface area contributed by atoms with Gasteiger partial charge >= 0.3 is 0 Å². The second kappa shape index (κ2) is 6.82. The molecule has 1 N–H and O–H groups in total. The van der Waals surface area contributed by atoms with Gasteiger partial charge in [-0.05, 0) is 47.2 Å². The summed E-state index contributed by atoms with van der Waals surface area (Å²) in [5.41, 5.74) is 1.02. The fourth-order valence-electron chi connectivity index (χ4n) is 1.79. The average molecular weight is 355 g/mol. The van der Waals surface area contributed by atoms with Crippen molar-refractivity contribution in [3.63, 3.8) is 0 Å². The van der Waals surface area contributed by atoms with Gasteiger partial charge in [-0.1, -0.05) is 0 Å². The van der Waals surface area contributed by atoms with Gasteiger partial charge in [0.05, 0.1) is 10.2 Å². The molecule has 5 nitrogen and oxygen atoms in total. The molecule has 7 heteroatoms. The van der Waals surface area contributed by atoms with Crippen LogP contribution in [-0.4, -0.2) is 47.8 Å². The molecule has 0 saturated carbocycles. The molecule has 0 fully saturated rings. The number of likely N-dealkylation sites (N-methyl/N-ethyl adjacent to an activating group) is 2. The van der Waals surface area contributed by atoms with Crippen LogP contribution in [-0.2, 0) is 0 Å². The van der Waals surface area contributed by atoms with Crippen LogP contribution in [0, 0.1) is 5.82 Å². The largest absolute Gasteiger partial charge is 0.339 e. The van der Waals surface area contributed by atoms with E-state index >= 15 is 0 Å². The molecule has 0 radical (unpaired) electrons. The molecule has 1 aromatic carbocycles. The van der Waals surface area contributed by atoms with E-state index in [0.717, 1.165) is 0 Å². The van der Waals surface area contributed by atoms with E-state index < -0.39 is 0 Å². The first-order valence-corrected chi connectivity index (χ1v) is 7.23. The maximum atomic E-state index is 12.9. The predicted molar refractivity (Wildman–Crippen MR) is 82.1 cm³/mol. The number of benzene rings is 1. The quantitative estimate of drug-likeness (QED) is 0.894. The number of aromatic nitrogens is 2. The highest BCUT2D eigenvalue weighted by Gasteiger charge is 2.19. The fourth-order valence-corrected chi connectivity index (χ4v) is 2.23. The number of carbonyl (C=O) groups is 1. The van der Waals surface area contributed by atoms with Crippen molar-refractivity contribution in [2.75, 3.05) is 27.2 Å². The van der Waals surface area contributed by atoms with Crippen molar-refractivity contribution < 1.29 is 9.18 Å². The maximum Gasteiger partial charge on any atom is 0.275 e. The third kappa shape index (κ3) is 3.68. The van der Waals surface area contributed by atoms with Crippen molar-refractivity contribution in [1.82, 2.24) is 20.0 Å². The smallest absolute Gasteiger partial charge is 0.275 e. The lowest BCUT2D eigenvalue weighted by Gasteiger charge is -2.15. The fraction of sp³-hybridized carbons (Fsp3) is 0.286. The zero-order chi connectivity index (χ0) is 15.4. The Hall–Kier alpha value is -1.73. The Morgan fingerprint density at radius 1 is 1.43 bits per heavy atom. The molecular formula is C14H16BrFN4O. The van der Waals surface area contributed by atoms with Crippen LogP contribution in [0.25, 0.3) is 5.69 Å². The van der Waals surface area contributed by atoms with E-state index in [1.54, 1.807) is 35.0 Å². The van der Waals surface area contributed by atoms with Crippen LogP contribution in [0.5, 0.6) is 0 Å². The van der Waals surface area contributed by atoms with Crippen molar-refractivity contribution >= 4 is 21.8 Å². The number of nitrogens with zero attached hydrogens (tertiary/aromatic N) is 3. The van der Waals surface area contributed by atoms with Crippen LogP contribution in [0.3, 0.4) is 0 Å². The minimum atomic E-state index is -0.312. The molecule has 112 valence electrons. The molecular weight excluding hydrogens is 339 g/mol. The summed E-state index contributed by atoms with van der Waals surface area (Å²) in [4.78, 5) is 13.9. The van der Waals surface area contributed by atoms with Gasteiger partial charge < -0.3 is 10.2 Å². The maximum absolute atomic E-state index is 12.9. The molecule has 0 bridgehead atoms. The van der Waals surface area contributed by atoms with Gasteiger partial charge in [-0.25, -0.2) is 9.07 Å². The monoisotopic (exact) mass is 354 g/mol. The highest BCUT2D eigenvalue weighted by molar-refractivity contribution is 9.10. The normalized spacial score (nSPS) is 10.7. The van der Waals surface area contributed by atoms with Crippen molar-refractivity contribution in [3.8, 4) is 5.69 Å². The van der Waals surface area contributed by atoms with Gasteiger partial charge in [-0.3, -0.25) is 4.79 Å². The van der Waals surface area contributed by atoms with Crippen LogP contribution in [0.1, 0.15) is 10.5 Å². The van der Waals surface area contributed by atoms with Crippen LogP contribution in [0.15, 0.2) is 34.9 Å². The summed E-state index contributed by atoms with van der Waals surface area (Å²) in [7, 11) is 3.56. The van der Waals surface area contributed by atoms with Gasteiger partial charge in [0.25, 0.3) is 5.91 Å². The highest BCUT2D eigenvalue weighted by Crippen LogP contribution is 2.19. The topological polar surface area (TPSA) is 50.2 Å². The summed E-state index contributed by atoms with van der Waals surface area (Å²) in [5, 5.41) is 7.26. The van der Waals surface area contributed by atoms with Crippen molar-refractivity contribution in [3.05, 3.63) is 46.4 Å². The minimum Gasteiger partial charge on any atom is -0.339 e. The molecule has 0 aliphatic carbocycles. The van der Waals surface area contributed by atoms with E-state index in [1.165, 1.54) is 12.1 Å². The lowest BCUT2D eigenvalue weighted by molar-refractivity contribution is 0.0789. The van der Waals surface area contributed by atoms with Gasteiger partial charge in [-0.2, -0.15) is 5.10 Å². The summed E-state index contributed by atoms with van der Waals surface area (Å²) in [5.74, 6) is -0.481. The first-order chi connectivity index (χ1) is 10.0. The van der Waals surface area contributed by atoms with E-state index in [4.69, 9.17) is 0 Å². The molecule has 2 rings (SSSR count). The zero-order valence-electron chi connectivity index (χ0n) is 11.8. The van der Waals surface area contributed by atoms with Crippen LogP contribution < -0.4 is 5.32 Å². The average Bonchev–Trinajstić information content (AvgIpc) is 2.86. The molecule has 1 heterocycles. The second-order valence-corrected chi connectivity index (χ2v) is 5.43. The highest BCUT2D eigenvalue weighted by atomic mass is 79.9. The number of amides is 1. The Morgan fingerprint density at radius 2 is 2.10 bits per heavy atom. The Balaban J connectivity index is 2.22. The number of hydrogen-bond acceptors (Lipinski definition) is 3. The van der Waals surface area contributed by atoms with Gasteiger partial charge in [0, 0.05) is 26.3 Å². The van der Waals surface area contributed by atoms with E-state index in [-0.39, 0.29) is 11.7 Å². The third-order valence-electron chi connectivity index (χ3n) is 3.01. The third-order valence-corrected chi connectivity index (χ3v) is 3.59. The molecule has 0 saturated heterocycles. The molecule has 0 aliphatic heterocycles. The Labute approximate surface area is 130 Å². The number of hydrogen-bond donors (Lipinski definition) is 1. The molecule has 2 aromatic rings. The lowest BCUT2D eigenvalue weighted by Crippen LogP contribution is -2.33. The first kappa shape index (κ1) is 15.7. The van der Waals surface area contributed by atoms with Crippen molar-refractivity contribution in [2.24, 2.45) is 0 Å². The van der Waals surface area contributed by atoms with Gasteiger partial charge in [0.2, 0.25) is 0 Å². The Kier molecular flexibility index (Phi) is 5.08.